The van der Waals surface area contributed by atoms with Crippen molar-refractivity contribution < 1.29 is 4.79 Å². The van der Waals surface area contributed by atoms with E-state index in [9.17, 15) is 4.79 Å². The van der Waals surface area contributed by atoms with Crippen molar-refractivity contribution in [2.24, 2.45) is 5.73 Å². The van der Waals surface area contributed by atoms with E-state index < -0.39 is 0 Å². The quantitative estimate of drug-likeness (QED) is 0.841. The van der Waals surface area contributed by atoms with Gasteiger partial charge in [-0.25, -0.2) is 0 Å². The van der Waals surface area contributed by atoms with E-state index in [1.54, 1.807) is 6.08 Å². The summed E-state index contributed by atoms with van der Waals surface area (Å²) in [6.07, 6.45) is 3.11. The molecule has 17 heavy (non-hydrogen) atoms. The van der Waals surface area contributed by atoms with Crippen LogP contribution >= 0.6 is 0 Å². The molecule has 2 rings (SSSR count). The summed E-state index contributed by atoms with van der Waals surface area (Å²) in [5.41, 5.74) is 5.86. The molecule has 0 fully saturated rings. The molecule has 1 amide bonds. The Morgan fingerprint density at radius 1 is 1.18 bits per heavy atom. The van der Waals surface area contributed by atoms with Crippen LogP contribution in [0.15, 0.2) is 54.7 Å². The number of rotatable bonds is 3. The maximum Gasteiger partial charge on any atom is 0.251 e. The van der Waals surface area contributed by atoms with E-state index in [0.717, 1.165) is 10.8 Å². The number of nitrogens with two attached hydrogens (primary N) is 1. The Morgan fingerprint density at radius 3 is 2.71 bits per heavy atom. The van der Waals surface area contributed by atoms with Crippen molar-refractivity contribution in [3.05, 3.63) is 60.3 Å². The van der Waals surface area contributed by atoms with Crippen LogP contribution in [-0.2, 0) is 0 Å². The van der Waals surface area contributed by atoms with Crippen molar-refractivity contribution in [1.29, 1.82) is 0 Å². The maximum atomic E-state index is 11.8. The highest BCUT2D eigenvalue weighted by molar-refractivity contribution is 5.98. The van der Waals surface area contributed by atoms with Gasteiger partial charge in [0, 0.05) is 12.1 Å². The molecule has 0 saturated heterocycles. The van der Waals surface area contributed by atoms with Gasteiger partial charge in [0.25, 0.3) is 5.91 Å². The van der Waals surface area contributed by atoms with Crippen LogP contribution in [0, 0.1) is 0 Å². The molecule has 3 N–H and O–H groups in total. The van der Waals surface area contributed by atoms with Crippen LogP contribution in [0.5, 0.6) is 0 Å². The molecule has 0 atom stereocenters. The zero-order valence-electron chi connectivity index (χ0n) is 9.39. The second-order valence-electron chi connectivity index (χ2n) is 3.70. The molecule has 0 unspecified atom stereocenters. The molecular formula is C14H14N2O. The van der Waals surface area contributed by atoms with Gasteiger partial charge in [-0.05, 0) is 35.2 Å². The predicted molar refractivity (Wildman–Crippen MR) is 69.6 cm³/mol. The Labute approximate surface area is 99.9 Å². The predicted octanol–water partition coefficient (Wildman–Crippen LogP) is 2.04. The zero-order chi connectivity index (χ0) is 12.1. The lowest BCUT2D eigenvalue weighted by atomic mass is 10.1. The van der Waals surface area contributed by atoms with E-state index in [1.807, 2.05) is 42.5 Å². The zero-order valence-corrected chi connectivity index (χ0v) is 9.39. The number of hydrogen-bond donors (Lipinski definition) is 2. The first-order chi connectivity index (χ1) is 8.31. The summed E-state index contributed by atoms with van der Waals surface area (Å²) in [4.78, 5) is 11.8. The molecule has 0 bridgehead atoms. The number of hydrogen-bond acceptors (Lipinski definition) is 2. The van der Waals surface area contributed by atoms with Crippen LogP contribution in [0.3, 0.4) is 0 Å². The number of carbonyl (C=O) groups excluding carboxylic acids is 1. The second kappa shape index (κ2) is 5.16. The highest BCUT2D eigenvalue weighted by Crippen LogP contribution is 2.15. The molecular weight excluding hydrogens is 212 g/mol. The Kier molecular flexibility index (Phi) is 3.40. The summed E-state index contributed by atoms with van der Waals surface area (Å²) >= 11 is 0. The molecule has 2 aromatic rings. The van der Waals surface area contributed by atoms with E-state index in [0.29, 0.717) is 12.1 Å². The van der Waals surface area contributed by atoms with Gasteiger partial charge in [0.15, 0.2) is 0 Å². The first kappa shape index (κ1) is 11.2. The lowest BCUT2D eigenvalue weighted by Gasteiger charge is -2.04. The van der Waals surface area contributed by atoms with Crippen molar-refractivity contribution in [2.45, 2.75) is 0 Å². The minimum atomic E-state index is -0.0890. The molecule has 3 nitrogen and oxygen atoms in total. The van der Waals surface area contributed by atoms with Gasteiger partial charge in [-0.1, -0.05) is 30.3 Å². The van der Waals surface area contributed by atoms with Crippen LogP contribution in [0.1, 0.15) is 10.4 Å². The highest BCUT2D eigenvalue weighted by atomic mass is 16.1. The third kappa shape index (κ3) is 2.64. The number of nitrogens with one attached hydrogen (secondary N) is 1. The lowest BCUT2D eigenvalue weighted by molar-refractivity contribution is 0.0958. The number of amides is 1. The van der Waals surface area contributed by atoms with E-state index >= 15 is 0 Å². The fraction of sp³-hybridized carbons (Fsp3) is 0.0714. The van der Waals surface area contributed by atoms with E-state index in [2.05, 4.69) is 5.32 Å². The molecule has 86 valence electrons. The largest absolute Gasteiger partial charge is 0.405 e. The van der Waals surface area contributed by atoms with E-state index in [1.165, 1.54) is 6.20 Å². The van der Waals surface area contributed by atoms with E-state index in [-0.39, 0.29) is 5.91 Å². The summed E-state index contributed by atoms with van der Waals surface area (Å²) in [6, 6.07) is 13.6. The van der Waals surface area contributed by atoms with Gasteiger partial charge < -0.3 is 11.1 Å². The van der Waals surface area contributed by atoms with Crippen LogP contribution in [0.4, 0.5) is 0 Å². The van der Waals surface area contributed by atoms with Gasteiger partial charge >= 0.3 is 0 Å². The molecule has 0 heterocycles. The van der Waals surface area contributed by atoms with Crippen LogP contribution in [0.25, 0.3) is 10.8 Å². The number of fused-ring (bicyclic) bond motifs is 1. The Balaban J connectivity index is 2.21. The maximum absolute atomic E-state index is 11.8. The second-order valence-corrected chi connectivity index (χ2v) is 3.70. The van der Waals surface area contributed by atoms with Gasteiger partial charge in [-0.15, -0.1) is 0 Å². The topological polar surface area (TPSA) is 55.1 Å². The number of benzene rings is 2. The molecule has 3 heteroatoms. The summed E-state index contributed by atoms with van der Waals surface area (Å²) in [5.74, 6) is -0.0890. The molecule has 0 spiro atoms. The van der Waals surface area contributed by atoms with Crippen molar-refractivity contribution in [3.63, 3.8) is 0 Å². The summed E-state index contributed by atoms with van der Waals surface area (Å²) in [7, 11) is 0. The highest BCUT2D eigenvalue weighted by Gasteiger charge is 2.04. The smallest absolute Gasteiger partial charge is 0.251 e. The van der Waals surface area contributed by atoms with Gasteiger partial charge in [0.2, 0.25) is 0 Å². The van der Waals surface area contributed by atoms with Gasteiger partial charge in [-0.3, -0.25) is 4.79 Å². The Bertz CT molecular complexity index is 561. The monoisotopic (exact) mass is 226 g/mol. The van der Waals surface area contributed by atoms with Gasteiger partial charge in [0.1, 0.15) is 0 Å². The summed E-state index contributed by atoms with van der Waals surface area (Å²) in [5, 5.41) is 4.95. The van der Waals surface area contributed by atoms with Crippen LogP contribution in [0.2, 0.25) is 0 Å². The Morgan fingerprint density at radius 2 is 1.94 bits per heavy atom. The average Bonchev–Trinajstić information content (AvgIpc) is 2.38. The van der Waals surface area contributed by atoms with Crippen molar-refractivity contribution >= 4 is 16.7 Å². The first-order valence-electron chi connectivity index (χ1n) is 5.45. The SMILES string of the molecule is NC=CCNC(=O)c1ccc2ccccc2c1. The lowest BCUT2D eigenvalue weighted by Crippen LogP contribution is -2.23. The average molecular weight is 226 g/mol. The molecule has 2 aromatic carbocycles. The third-order valence-electron chi connectivity index (χ3n) is 2.53. The fourth-order valence-electron chi connectivity index (χ4n) is 1.65. The van der Waals surface area contributed by atoms with E-state index in [4.69, 9.17) is 5.73 Å². The number of carbonyl (C=O) groups is 1. The molecule has 0 aliphatic rings. The minimum absolute atomic E-state index is 0.0890. The standard InChI is InChI=1S/C14H14N2O/c15-8-3-9-16-14(17)13-7-6-11-4-1-2-5-12(11)10-13/h1-8,10H,9,15H2,(H,16,17). The fourth-order valence-corrected chi connectivity index (χ4v) is 1.65. The molecule has 0 aliphatic carbocycles. The van der Waals surface area contributed by atoms with Crippen molar-refractivity contribution in [1.82, 2.24) is 5.32 Å². The van der Waals surface area contributed by atoms with Crippen LogP contribution < -0.4 is 11.1 Å². The molecule has 0 radical (unpaired) electrons. The summed E-state index contributed by atoms with van der Waals surface area (Å²) < 4.78 is 0. The van der Waals surface area contributed by atoms with Crippen LogP contribution in [-0.4, -0.2) is 12.5 Å². The van der Waals surface area contributed by atoms with Crippen molar-refractivity contribution in [2.75, 3.05) is 6.54 Å². The third-order valence-corrected chi connectivity index (χ3v) is 2.53. The normalized spacial score (nSPS) is 10.8. The van der Waals surface area contributed by atoms with Crippen molar-refractivity contribution in [3.8, 4) is 0 Å². The first-order valence-corrected chi connectivity index (χ1v) is 5.45. The molecule has 0 aromatic heterocycles. The summed E-state index contributed by atoms with van der Waals surface area (Å²) in [6.45, 7) is 0.447. The Hall–Kier alpha value is -2.29. The van der Waals surface area contributed by atoms with Gasteiger partial charge in [0.05, 0.1) is 0 Å². The molecule has 0 aliphatic heterocycles. The minimum Gasteiger partial charge on any atom is -0.405 e. The van der Waals surface area contributed by atoms with Gasteiger partial charge in [-0.2, -0.15) is 0 Å². The molecule has 0 saturated carbocycles.